The Hall–Kier alpha value is -2.12. The summed E-state index contributed by atoms with van der Waals surface area (Å²) in [5.41, 5.74) is 1.74. The number of likely N-dealkylation sites (tertiary alicyclic amines) is 1. The van der Waals surface area contributed by atoms with Crippen molar-refractivity contribution < 1.29 is 14.0 Å². The summed E-state index contributed by atoms with van der Waals surface area (Å²) in [6, 6.07) is 5.82. The molecule has 7 heteroatoms. The number of Topliss-reactive ketones (excluding diaryl/α,β-unsaturated/α-hetero) is 1. The quantitative estimate of drug-likeness (QED) is 0.786. The highest BCUT2D eigenvalue weighted by Crippen LogP contribution is 2.23. The number of hydrogen-bond donors (Lipinski definition) is 1. The normalized spacial score (nSPS) is 24.0. The van der Waals surface area contributed by atoms with Gasteiger partial charge in [-0.3, -0.25) is 9.59 Å². The third-order valence-corrected chi connectivity index (χ3v) is 6.09. The van der Waals surface area contributed by atoms with Gasteiger partial charge in [0.2, 0.25) is 5.91 Å². The van der Waals surface area contributed by atoms with Gasteiger partial charge in [-0.25, -0.2) is 9.40 Å². The van der Waals surface area contributed by atoms with E-state index in [2.05, 4.69) is 15.3 Å². The van der Waals surface area contributed by atoms with Gasteiger partial charge < -0.3 is 10.2 Å². The Morgan fingerprint density at radius 1 is 1.18 bits per heavy atom. The average Bonchev–Trinajstić information content (AvgIpc) is 2.72. The minimum Gasteiger partial charge on any atom is -0.316 e. The maximum atomic E-state index is 13.0. The molecule has 150 valence electrons. The van der Waals surface area contributed by atoms with E-state index in [1.165, 1.54) is 12.1 Å². The largest absolute Gasteiger partial charge is 0.316 e. The second-order valence-corrected chi connectivity index (χ2v) is 7.95. The van der Waals surface area contributed by atoms with Gasteiger partial charge >= 0.3 is 0 Å². The molecule has 3 aliphatic heterocycles. The van der Waals surface area contributed by atoms with Crippen LogP contribution in [0.1, 0.15) is 36.0 Å². The maximum absolute atomic E-state index is 13.0. The van der Waals surface area contributed by atoms with Crippen molar-refractivity contribution in [3.63, 3.8) is 0 Å². The lowest BCUT2D eigenvalue weighted by molar-refractivity contribution is -0.133. The Morgan fingerprint density at radius 2 is 1.93 bits per heavy atom. The molecule has 2 saturated heterocycles. The van der Waals surface area contributed by atoms with Gasteiger partial charge in [-0.1, -0.05) is 0 Å². The van der Waals surface area contributed by atoms with E-state index in [1.54, 1.807) is 17.1 Å². The van der Waals surface area contributed by atoms with E-state index in [0.717, 1.165) is 57.7 Å². The van der Waals surface area contributed by atoms with E-state index in [9.17, 15) is 14.0 Å². The van der Waals surface area contributed by atoms with Crippen LogP contribution in [0.4, 0.5) is 4.39 Å². The molecule has 1 N–H and O–H groups in total. The highest BCUT2D eigenvalue weighted by Gasteiger charge is 2.31. The lowest BCUT2D eigenvalue weighted by Gasteiger charge is -2.35. The highest BCUT2D eigenvalue weighted by molar-refractivity contribution is 5.98. The van der Waals surface area contributed by atoms with Crippen LogP contribution in [0.3, 0.4) is 0 Å². The molecule has 0 aromatic heterocycles. The summed E-state index contributed by atoms with van der Waals surface area (Å²) < 4.78 is 13.0. The molecule has 1 aromatic carbocycles. The topological polar surface area (TPSA) is 65.0 Å². The molecule has 0 bridgehead atoms. The molecule has 3 heterocycles. The number of nitrogens with zero attached hydrogens (tertiary/aromatic N) is 3. The number of nitrogens with one attached hydrogen (secondary N) is 1. The number of benzene rings is 1. The predicted molar refractivity (Wildman–Crippen MR) is 105 cm³/mol. The van der Waals surface area contributed by atoms with Crippen LogP contribution < -0.4 is 5.32 Å². The van der Waals surface area contributed by atoms with Crippen LogP contribution in [0, 0.1) is 17.7 Å². The first kappa shape index (κ1) is 19.2. The number of amides is 1. The number of halogens is 1. The first-order chi connectivity index (χ1) is 13.6. The van der Waals surface area contributed by atoms with E-state index in [-0.39, 0.29) is 29.3 Å². The van der Waals surface area contributed by atoms with Crippen molar-refractivity contribution in [2.45, 2.75) is 25.7 Å². The SMILES string of the molecule is O=C(c1ccc(F)cc1)C1CCN(CCN2N=C3CCNCC3CC2=O)CC1. The zero-order chi connectivity index (χ0) is 19.5. The smallest absolute Gasteiger partial charge is 0.243 e. The summed E-state index contributed by atoms with van der Waals surface area (Å²) in [6.07, 6.45) is 3.07. The van der Waals surface area contributed by atoms with E-state index in [0.29, 0.717) is 18.5 Å². The van der Waals surface area contributed by atoms with E-state index >= 15 is 0 Å². The monoisotopic (exact) mass is 386 g/mol. The number of carbonyl (C=O) groups excluding carboxylic acids is 2. The molecule has 3 aliphatic rings. The molecule has 1 amide bonds. The fourth-order valence-corrected chi connectivity index (χ4v) is 4.34. The van der Waals surface area contributed by atoms with Gasteiger partial charge in [0.1, 0.15) is 5.82 Å². The first-order valence-electron chi connectivity index (χ1n) is 10.2. The van der Waals surface area contributed by atoms with Crippen molar-refractivity contribution in [1.82, 2.24) is 15.2 Å². The Labute approximate surface area is 164 Å². The first-order valence-corrected chi connectivity index (χ1v) is 10.2. The fourth-order valence-electron chi connectivity index (χ4n) is 4.34. The van der Waals surface area contributed by atoms with Crippen LogP contribution in [0.5, 0.6) is 0 Å². The van der Waals surface area contributed by atoms with Gasteiger partial charge in [0.15, 0.2) is 5.78 Å². The average molecular weight is 386 g/mol. The lowest BCUT2D eigenvalue weighted by atomic mass is 9.89. The minimum atomic E-state index is -0.321. The summed E-state index contributed by atoms with van der Waals surface area (Å²) >= 11 is 0. The van der Waals surface area contributed by atoms with Crippen molar-refractivity contribution >= 4 is 17.4 Å². The van der Waals surface area contributed by atoms with E-state index in [4.69, 9.17) is 0 Å². The Kier molecular flexibility index (Phi) is 5.82. The number of hydrazone groups is 1. The third-order valence-electron chi connectivity index (χ3n) is 6.09. The van der Waals surface area contributed by atoms with Crippen molar-refractivity contribution in [2.75, 3.05) is 39.3 Å². The Morgan fingerprint density at radius 3 is 2.68 bits per heavy atom. The molecule has 1 aromatic rings. The standard InChI is InChI=1S/C21H27FN4O2/c22-18-3-1-15(2-4-18)21(28)16-6-9-25(10-7-16)11-12-26-20(27)13-17-14-23-8-5-19(17)24-26/h1-4,16-17,23H,5-14H2. The predicted octanol–water partition coefficient (Wildman–Crippen LogP) is 1.92. The molecule has 0 aliphatic carbocycles. The molecule has 0 spiro atoms. The van der Waals surface area contributed by atoms with Gasteiger partial charge in [0.05, 0.1) is 6.54 Å². The van der Waals surface area contributed by atoms with Crippen molar-refractivity contribution in [3.8, 4) is 0 Å². The van der Waals surface area contributed by atoms with Crippen LogP contribution in [0.2, 0.25) is 0 Å². The lowest BCUT2D eigenvalue weighted by Crippen LogP contribution is -2.47. The number of hydrogen-bond acceptors (Lipinski definition) is 5. The minimum absolute atomic E-state index is 0.00549. The Bertz CT molecular complexity index is 756. The molecular weight excluding hydrogens is 359 g/mol. The van der Waals surface area contributed by atoms with Crippen molar-refractivity contribution in [3.05, 3.63) is 35.6 Å². The van der Waals surface area contributed by atoms with E-state index < -0.39 is 0 Å². The number of rotatable bonds is 5. The second-order valence-electron chi connectivity index (χ2n) is 7.95. The zero-order valence-corrected chi connectivity index (χ0v) is 16.1. The van der Waals surface area contributed by atoms with Crippen molar-refractivity contribution in [1.29, 1.82) is 0 Å². The van der Waals surface area contributed by atoms with Crippen LogP contribution in [0.15, 0.2) is 29.4 Å². The summed E-state index contributed by atoms with van der Waals surface area (Å²) in [4.78, 5) is 27.2. The zero-order valence-electron chi connectivity index (χ0n) is 16.1. The third kappa shape index (κ3) is 4.31. The summed E-state index contributed by atoms with van der Waals surface area (Å²) in [7, 11) is 0. The fraction of sp³-hybridized carbons (Fsp3) is 0.571. The van der Waals surface area contributed by atoms with Gasteiger partial charge in [-0.2, -0.15) is 5.10 Å². The molecule has 28 heavy (non-hydrogen) atoms. The Balaban J connectivity index is 1.26. The number of piperidine rings is 2. The van der Waals surface area contributed by atoms with Crippen LogP contribution in [-0.4, -0.2) is 66.6 Å². The van der Waals surface area contributed by atoms with Crippen LogP contribution >= 0.6 is 0 Å². The van der Waals surface area contributed by atoms with E-state index in [1.807, 2.05) is 0 Å². The molecule has 1 atom stereocenters. The molecule has 0 radical (unpaired) electrons. The summed E-state index contributed by atoms with van der Waals surface area (Å²) in [6.45, 7) is 4.86. The van der Waals surface area contributed by atoms with Crippen molar-refractivity contribution in [2.24, 2.45) is 16.9 Å². The molecule has 1 unspecified atom stereocenters. The van der Waals surface area contributed by atoms with Crippen LogP contribution in [0.25, 0.3) is 0 Å². The summed E-state index contributed by atoms with van der Waals surface area (Å²) in [5.74, 6) is 0.158. The van der Waals surface area contributed by atoms with Gasteiger partial charge in [-0.05, 0) is 50.2 Å². The number of fused-ring (bicyclic) bond motifs is 1. The van der Waals surface area contributed by atoms with Gasteiger partial charge in [0, 0.05) is 55.6 Å². The number of carbonyl (C=O) groups is 2. The molecule has 6 nitrogen and oxygen atoms in total. The van der Waals surface area contributed by atoms with Crippen LogP contribution in [-0.2, 0) is 4.79 Å². The highest BCUT2D eigenvalue weighted by atomic mass is 19.1. The second kappa shape index (κ2) is 8.49. The van der Waals surface area contributed by atoms with Gasteiger partial charge in [0.25, 0.3) is 0 Å². The molecular formula is C21H27FN4O2. The number of ketones is 1. The molecule has 2 fully saturated rings. The molecule has 4 rings (SSSR count). The van der Waals surface area contributed by atoms with Gasteiger partial charge in [-0.15, -0.1) is 0 Å². The summed E-state index contributed by atoms with van der Waals surface area (Å²) in [5, 5.41) is 9.58. The maximum Gasteiger partial charge on any atom is 0.243 e. The molecule has 0 saturated carbocycles.